The summed E-state index contributed by atoms with van der Waals surface area (Å²) in [5.41, 5.74) is 1.44. The summed E-state index contributed by atoms with van der Waals surface area (Å²) in [7, 11) is 0. The minimum absolute atomic E-state index is 0.0820. The highest BCUT2D eigenvalue weighted by atomic mass is 35.5. The van der Waals surface area contributed by atoms with Gasteiger partial charge < -0.3 is 14.8 Å². The summed E-state index contributed by atoms with van der Waals surface area (Å²) in [5.74, 6) is 1.91. The largest absolute Gasteiger partial charge is 0.493 e. The van der Waals surface area contributed by atoms with Crippen LogP contribution in [0.2, 0.25) is 5.02 Å². The Morgan fingerprint density at radius 2 is 1.85 bits per heavy atom. The number of ether oxygens (including phenoxy) is 2. The van der Waals surface area contributed by atoms with Crippen molar-refractivity contribution < 1.29 is 14.3 Å². The first-order chi connectivity index (χ1) is 12.5. The number of hydrogen-bond acceptors (Lipinski definition) is 3. The summed E-state index contributed by atoms with van der Waals surface area (Å²) in [6.45, 7) is 7.72. The molecule has 0 spiro atoms. The molecule has 2 rings (SSSR count). The van der Waals surface area contributed by atoms with Gasteiger partial charge >= 0.3 is 0 Å². The van der Waals surface area contributed by atoms with E-state index < -0.39 is 0 Å². The Balaban J connectivity index is 2.08. The van der Waals surface area contributed by atoms with Crippen molar-refractivity contribution >= 4 is 17.5 Å². The lowest BCUT2D eigenvalue weighted by Gasteiger charge is -2.14. The maximum atomic E-state index is 12.4. The standard InChI is InChI=1S/C21H26ClNO3/c1-4-25-20-10-5-16(21(24)23-12-11-15(2)3)13-17(20)14-26-19-8-6-18(22)7-9-19/h5-10,13,15H,4,11-12,14H2,1-3H3,(H,23,24). The molecule has 0 bridgehead atoms. The highest BCUT2D eigenvalue weighted by molar-refractivity contribution is 6.30. The molecule has 0 aromatic heterocycles. The van der Waals surface area contributed by atoms with E-state index in [9.17, 15) is 4.79 Å². The number of carbonyl (C=O) groups excluding carboxylic acids is 1. The minimum atomic E-state index is -0.0820. The van der Waals surface area contributed by atoms with Crippen molar-refractivity contribution in [3.8, 4) is 11.5 Å². The molecule has 0 aliphatic carbocycles. The van der Waals surface area contributed by atoms with Crippen LogP contribution in [0.1, 0.15) is 43.1 Å². The van der Waals surface area contributed by atoms with Crippen molar-refractivity contribution in [2.45, 2.75) is 33.8 Å². The van der Waals surface area contributed by atoms with Crippen LogP contribution < -0.4 is 14.8 Å². The number of halogens is 1. The minimum Gasteiger partial charge on any atom is -0.493 e. The number of benzene rings is 2. The highest BCUT2D eigenvalue weighted by Gasteiger charge is 2.11. The summed E-state index contributed by atoms with van der Waals surface area (Å²) in [5, 5.41) is 3.61. The van der Waals surface area contributed by atoms with E-state index >= 15 is 0 Å². The number of hydrogen-bond donors (Lipinski definition) is 1. The van der Waals surface area contributed by atoms with Crippen LogP contribution in [0, 0.1) is 5.92 Å². The quantitative estimate of drug-likeness (QED) is 0.663. The Labute approximate surface area is 160 Å². The van der Waals surface area contributed by atoms with E-state index in [0.717, 1.165) is 17.7 Å². The molecule has 0 radical (unpaired) electrons. The molecule has 1 N–H and O–H groups in total. The van der Waals surface area contributed by atoms with Crippen LogP contribution in [-0.2, 0) is 6.61 Å². The monoisotopic (exact) mass is 375 g/mol. The van der Waals surface area contributed by atoms with Gasteiger partial charge in [0.1, 0.15) is 18.1 Å². The third kappa shape index (κ3) is 6.26. The van der Waals surface area contributed by atoms with Gasteiger partial charge in [-0.05, 0) is 61.7 Å². The molecule has 5 heteroatoms. The number of nitrogens with one attached hydrogen (secondary N) is 1. The van der Waals surface area contributed by atoms with Crippen molar-refractivity contribution in [2.75, 3.05) is 13.2 Å². The van der Waals surface area contributed by atoms with Crippen molar-refractivity contribution in [3.05, 3.63) is 58.6 Å². The molecule has 2 aromatic rings. The van der Waals surface area contributed by atoms with Crippen LogP contribution >= 0.6 is 11.6 Å². The molecule has 140 valence electrons. The second-order valence-electron chi connectivity index (χ2n) is 6.44. The molecular formula is C21H26ClNO3. The molecule has 2 aromatic carbocycles. The third-order valence-electron chi connectivity index (χ3n) is 3.84. The summed E-state index contributed by atoms with van der Waals surface area (Å²) < 4.78 is 11.5. The van der Waals surface area contributed by atoms with Gasteiger partial charge in [-0.25, -0.2) is 0 Å². The van der Waals surface area contributed by atoms with E-state index in [-0.39, 0.29) is 5.91 Å². The van der Waals surface area contributed by atoms with Gasteiger partial charge in [0.25, 0.3) is 5.91 Å². The molecule has 0 saturated carbocycles. The predicted octanol–water partition coefficient (Wildman–Crippen LogP) is 5.09. The number of rotatable bonds is 9. The topological polar surface area (TPSA) is 47.6 Å². The SMILES string of the molecule is CCOc1ccc(C(=O)NCCC(C)C)cc1COc1ccc(Cl)cc1. The summed E-state index contributed by atoms with van der Waals surface area (Å²) in [6, 6.07) is 12.6. The first kappa shape index (κ1) is 20.1. The van der Waals surface area contributed by atoms with Gasteiger partial charge in [0.15, 0.2) is 0 Å². The van der Waals surface area contributed by atoms with Crippen molar-refractivity contribution in [2.24, 2.45) is 5.92 Å². The van der Waals surface area contributed by atoms with Gasteiger partial charge in [0.05, 0.1) is 6.61 Å². The van der Waals surface area contributed by atoms with Crippen LogP contribution in [-0.4, -0.2) is 19.1 Å². The van der Waals surface area contributed by atoms with Crippen LogP contribution in [0.15, 0.2) is 42.5 Å². The molecule has 0 aliphatic rings. The van der Waals surface area contributed by atoms with Gasteiger partial charge in [0, 0.05) is 22.7 Å². The fourth-order valence-electron chi connectivity index (χ4n) is 2.40. The summed E-state index contributed by atoms with van der Waals surface area (Å²) in [4.78, 5) is 12.4. The van der Waals surface area contributed by atoms with E-state index in [1.54, 1.807) is 18.2 Å². The van der Waals surface area contributed by atoms with E-state index in [2.05, 4.69) is 19.2 Å². The molecule has 26 heavy (non-hydrogen) atoms. The summed E-state index contributed by atoms with van der Waals surface area (Å²) in [6.07, 6.45) is 0.954. The molecule has 0 fully saturated rings. The Morgan fingerprint density at radius 3 is 2.50 bits per heavy atom. The van der Waals surface area contributed by atoms with Gasteiger partial charge in [-0.15, -0.1) is 0 Å². The Bertz CT molecular complexity index is 714. The molecule has 0 unspecified atom stereocenters. The first-order valence-electron chi connectivity index (χ1n) is 8.92. The zero-order valence-electron chi connectivity index (χ0n) is 15.5. The normalized spacial score (nSPS) is 10.7. The van der Waals surface area contributed by atoms with Crippen LogP contribution in [0.4, 0.5) is 0 Å². The van der Waals surface area contributed by atoms with Crippen molar-refractivity contribution in [3.63, 3.8) is 0 Å². The number of amides is 1. The maximum absolute atomic E-state index is 12.4. The predicted molar refractivity (Wildman–Crippen MR) is 105 cm³/mol. The van der Waals surface area contributed by atoms with Crippen LogP contribution in [0.3, 0.4) is 0 Å². The lowest BCUT2D eigenvalue weighted by atomic mass is 10.1. The zero-order valence-corrected chi connectivity index (χ0v) is 16.3. The van der Waals surface area contributed by atoms with Gasteiger partial charge in [0.2, 0.25) is 0 Å². The lowest BCUT2D eigenvalue weighted by Crippen LogP contribution is -2.25. The maximum Gasteiger partial charge on any atom is 0.251 e. The van der Waals surface area contributed by atoms with E-state index in [4.69, 9.17) is 21.1 Å². The Morgan fingerprint density at radius 1 is 1.12 bits per heavy atom. The van der Waals surface area contributed by atoms with Crippen LogP contribution in [0.25, 0.3) is 0 Å². The summed E-state index contributed by atoms with van der Waals surface area (Å²) >= 11 is 5.89. The second-order valence-corrected chi connectivity index (χ2v) is 6.87. The third-order valence-corrected chi connectivity index (χ3v) is 4.09. The average Bonchev–Trinajstić information content (AvgIpc) is 2.62. The van der Waals surface area contributed by atoms with Crippen LogP contribution in [0.5, 0.6) is 11.5 Å². The van der Waals surface area contributed by atoms with Crippen molar-refractivity contribution in [1.82, 2.24) is 5.32 Å². The molecular weight excluding hydrogens is 350 g/mol. The fraction of sp³-hybridized carbons (Fsp3) is 0.381. The van der Waals surface area contributed by atoms with Gasteiger partial charge in [-0.3, -0.25) is 4.79 Å². The van der Waals surface area contributed by atoms with Gasteiger partial charge in [-0.2, -0.15) is 0 Å². The number of carbonyl (C=O) groups is 1. The average molecular weight is 376 g/mol. The van der Waals surface area contributed by atoms with E-state index in [0.29, 0.717) is 42.0 Å². The second kappa shape index (κ2) is 10.1. The molecule has 4 nitrogen and oxygen atoms in total. The van der Waals surface area contributed by atoms with E-state index in [1.807, 2.05) is 31.2 Å². The first-order valence-corrected chi connectivity index (χ1v) is 9.29. The molecule has 0 atom stereocenters. The zero-order chi connectivity index (χ0) is 18.9. The molecule has 0 aliphatic heterocycles. The smallest absolute Gasteiger partial charge is 0.251 e. The van der Waals surface area contributed by atoms with E-state index in [1.165, 1.54) is 0 Å². The van der Waals surface area contributed by atoms with Crippen molar-refractivity contribution in [1.29, 1.82) is 0 Å². The highest BCUT2D eigenvalue weighted by Crippen LogP contribution is 2.23. The molecule has 1 amide bonds. The van der Waals surface area contributed by atoms with Gasteiger partial charge in [-0.1, -0.05) is 25.4 Å². The molecule has 0 saturated heterocycles. The fourth-order valence-corrected chi connectivity index (χ4v) is 2.52. The lowest BCUT2D eigenvalue weighted by molar-refractivity contribution is 0.0952. The Kier molecular flexibility index (Phi) is 7.79. The molecule has 0 heterocycles. The Hall–Kier alpha value is -2.20.